The average Bonchev–Trinajstić information content (AvgIpc) is 3.39. The molecule has 44 heavy (non-hydrogen) atoms. The minimum atomic E-state index is -1.52. The molecule has 2 N–H and O–H groups in total. The molecular weight excluding hydrogens is 562 g/mol. The molecule has 1 saturated heterocycles. The number of aryl methyl sites for hydroxylation is 1. The number of allylic oxidation sites excluding steroid dienone is 2. The molecule has 4 atom stereocenters. The van der Waals surface area contributed by atoms with Gasteiger partial charge in [-0.1, -0.05) is 60.2 Å². The van der Waals surface area contributed by atoms with Crippen LogP contribution < -0.4 is 21.5 Å². The number of hydrogen-bond acceptors (Lipinski definition) is 7. The van der Waals surface area contributed by atoms with Crippen molar-refractivity contribution in [2.45, 2.75) is 37.3 Å². The number of aromatic nitrogens is 3. The first-order valence-electron chi connectivity index (χ1n) is 14.4. The molecule has 3 heterocycles. The lowest BCUT2D eigenvalue weighted by Crippen LogP contribution is -2.53. The fourth-order valence-electron chi connectivity index (χ4n) is 7.43. The molecule has 11 nitrogen and oxygen atoms in total. The third-order valence-corrected chi connectivity index (χ3v) is 9.40. The number of benzene rings is 3. The number of methoxy groups -OCH3 is 1. The molecule has 0 unspecified atom stereocenters. The highest BCUT2D eigenvalue weighted by Crippen LogP contribution is 2.63. The monoisotopic (exact) mass is 593 g/mol. The Bertz CT molecular complexity index is 1970. The third kappa shape index (κ3) is 3.61. The van der Waals surface area contributed by atoms with Gasteiger partial charge in [0.05, 0.1) is 36.7 Å². The molecule has 7 rings (SSSR count). The Morgan fingerprint density at radius 3 is 2.36 bits per heavy atom. The van der Waals surface area contributed by atoms with Crippen LogP contribution in [0.2, 0.25) is 0 Å². The molecule has 224 valence electrons. The fourth-order valence-corrected chi connectivity index (χ4v) is 7.43. The van der Waals surface area contributed by atoms with Crippen LogP contribution in [0.4, 0.5) is 5.69 Å². The largest absolute Gasteiger partial charge is 0.508 e. The molecular formula is C33H31N5O6. The SMILES string of the molecule is COc1cccc(O)c1[C@H]1C2=CCn3c(=O)n(C)c(=O)n3[C@@H]2C[C@H]2C(=O)N(Nc3ccc(C)cc3)C(=O)[C@@]12c1ccccc1. The molecule has 0 bridgehead atoms. The quantitative estimate of drug-likeness (QED) is 0.269. The summed E-state index contributed by atoms with van der Waals surface area (Å²) in [7, 11) is 2.90. The highest BCUT2D eigenvalue weighted by atomic mass is 16.5. The van der Waals surface area contributed by atoms with Gasteiger partial charge in [-0.05, 0) is 48.7 Å². The van der Waals surface area contributed by atoms with Gasteiger partial charge in [-0.2, -0.15) is 5.01 Å². The van der Waals surface area contributed by atoms with E-state index in [1.54, 1.807) is 24.3 Å². The van der Waals surface area contributed by atoms with E-state index in [0.717, 1.165) is 15.1 Å². The first-order valence-corrected chi connectivity index (χ1v) is 14.4. The van der Waals surface area contributed by atoms with Gasteiger partial charge in [0.1, 0.15) is 11.5 Å². The summed E-state index contributed by atoms with van der Waals surface area (Å²) < 4.78 is 9.54. The van der Waals surface area contributed by atoms with E-state index in [0.29, 0.717) is 28.1 Å². The number of anilines is 1. The Morgan fingerprint density at radius 1 is 0.932 bits per heavy atom. The van der Waals surface area contributed by atoms with E-state index in [9.17, 15) is 19.5 Å². The molecule has 0 radical (unpaired) electrons. The summed E-state index contributed by atoms with van der Waals surface area (Å²) in [5, 5.41) is 12.5. The number of fused-ring (bicyclic) bond motifs is 4. The molecule has 0 spiro atoms. The molecule has 11 heteroatoms. The highest BCUT2D eigenvalue weighted by Gasteiger charge is 2.69. The smallest absolute Gasteiger partial charge is 0.347 e. The zero-order valence-electron chi connectivity index (χ0n) is 24.4. The zero-order valence-corrected chi connectivity index (χ0v) is 24.4. The van der Waals surface area contributed by atoms with Gasteiger partial charge in [-0.3, -0.25) is 15.0 Å². The summed E-state index contributed by atoms with van der Waals surface area (Å²) in [6.45, 7) is 2.02. The maximum absolute atomic E-state index is 15.0. The lowest BCUT2D eigenvalue weighted by Gasteiger charge is -2.49. The molecule has 2 aliphatic heterocycles. The van der Waals surface area contributed by atoms with Gasteiger partial charge in [-0.15, -0.1) is 0 Å². The van der Waals surface area contributed by atoms with Crippen LogP contribution in [0, 0.1) is 12.8 Å². The molecule has 3 aromatic carbocycles. The van der Waals surface area contributed by atoms with Gasteiger partial charge in [0.25, 0.3) is 11.8 Å². The predicted molar refractivity (Wildman–Crippen MR) is 161 cm³/mol. The number of carbonyl (C=O) groups excluding carboxylic acids is 2. The zero-order chi connectivity index (χ0) is 30.9. The second-order valence-corrected chi connectivity index (χ2v) is 11.6. The molecule has 2 amide bonds. The topological polar surface area (TPSA) is 128 Å². The molecule has 1 aromatic heterocycles. The summed E-state index contributed by atoms with van der Waals surface area (Å²) in [5.74, 6) is -2.64. The number of amides is 2. The van der Waals surface area contributed by atoms with Crippen LogP contribution in [0.1, 0.15) is 35.1 Å². The van der Waals surface area contributed by atoms with E-state index >= 15 is 4.79 Å². The summed E-state index contributed by atoms with van der Waals surface area (Å²) in [6, 6.07) is 20.6. The van der Waals surface area contributed by atoms with Gasteiger partial charge in [-0.25, -0.2) is 23.5 Å². The van der Waals surface area contributed by atoms with Crippen LogP contribution in [-0.2, 0) is 28.6 Å². The van der Waals surface area contributed by atoms with Crippen molar-refractivity contribution in [3.05, 3.63) is 122 Å². The number of phenols is 1. The van der Waals surface area contributed by atoms with Gasteiger partial charge < -0.3 is 9.84 Å². The first kappa shape index (κ1) is 27.5. The Kier molecular flexibility index (Phi) is 6.17. The number of imide groups is 1. The van der Waals surface area contributed by atoms with Crippen molar-refractivity contribution in [1.82, 2.24) is 18.9 Å². The van der Waals surface area contributed by atoms with Gasteiger partial charge in [0.15, 0.2) is 0 Å². The van der Waals surface area contributed by atoms with E-state index in [2.05, 4.69) is 5.43 Å². The number of nitrogens with zero attached hydrogens (tertiary/aromatic N) is 4. The fraction of sp³-hybridized carbons (Fsp3) is 0.273. The summed E-state index contributed by atoms with van der Waals surface area (Å²) >= 11 is 0. The van der Waals surface area contributed by atoms with Crippen LogP contribution in [0.25, 0.3) is 0 Å². The normalized spacial score (nSPS) is 23.9. The summed E-state index contributed by atoms with van der Waals surface area (Å²) in [6.07, 6.45) is 1.92. The van der Waals surface area contributed by atoms with Crippen molar-refractivity contribution in [1.29, 1.82) is 0 Å². The number of hydrazine groups is 1. The number of hydrogen-bond donors (Lipinski definition) is 2. The van der Waals surface area contributed by atoms with E-state index < -0.39 is 46.5 Å². The second-order valence-electron chi connectivity index (χ2n) is 11.6. The van der Waals surface area contributed by atoms with E-state index in [1.807, 2.05) is 55.5 Å². The van der Waals surface area contributed by atoms with Crippen molar-refractivity contribution in [3.8, 4) is 11.5 Å². The Balaban J connectivity index is 1.53. The first-order chi connectivity index (χ1) is 21.2. The van der Waals surface area contributed by atoms with Gasteiger partial charge >= 0.3 is 11.4 Å². The Hall–Kier alpha value is -5.32. The van der Waals surface area contributed by atoms with Gasteiger partial charge in [0.2, 0.25) is 0 Å². The van der Waals surface area contributed by atoms with Crippen molar-refractivity contribution in [2.24, 2.45) is 13.0 Å². The highest BCUT2D eigenvalue weighted by molar-refractivity contribution is 6.12. The summed E-state index contributed by atoms with van der Waals surface area (Å²) in [4.78, 5) is 56.0. The lowest BCUT2D eigenvalue weighted by atomic mass is 9.53. The number of phenolic OH excluding ortho intramolecular Hbond substituents is 1. The van der Waals surface area contributed by atoms with Crippen molar-refractivity contribution >= 4 is 17.5 Å². The molecule has 3 aliphatic rings. The van der Waals surface area contributed by atoms with Crippen LogP contribution >= 0.6 is 0 Å². The predicted octanol–water partition coefficient (Wildman–Crippen LogP) is 2.99. The molecule has 1 saturated carbocycles. The second kappa shape index (κ2) is 9.87. The standard InChI is InChI=1S/C33H31N5O6/c1-19-12-14-21(15-13-19)34-37-29(40)23-18-24-22(16-17-36-31(42)35(2)32(43)38(24)36)28(27-25(39)10-7-11-26(27)44-3)33(23,30(37)41)20-8-5-4-6-9-20/h4-16,23-24,28,34,39H,17-18H2,1-3H3/t23-,24+,28+,33+/m0/s1. The molecule has 2 fully saturated rings. The lowest BCUT2D eigenvalue weighted by molar-refractivity contribution is -0.138. The van der Waals surface area contributed by atoms with Gasteiger partial charge in [0, 0.05) is 18.5 Å². The molecule has 1 aliphatic carbocycles. The Morgan fingerprint density at radius 2 is 1.66 bits per heavy atom. The van der Waals surface area contributed by atoms with Crippen molar-refractivity contribution in [3.63, 3.8) is 0 Å². The van der Waals surface area contributed by atoms with E-state index in [1.165, 1.54) is 29.6 Å². The number of carbonyl (C=O) groups is 2. The molecule has 4 aromatic rings. The maximum atomic E-state index is 15.0. The van der Waals surface area contributed by atoms with E-state index in [-0.39, 0.29) is 18.7 Å². The third-order valence-electron chi connectivity index (χ3n) is 9.40. The minimum absolute atomic E-state index is 0.0765. The van der Waals surface area contributed by atoms with E-state index in [4.69, 9.17) is 4.74 Å². The summed E-state index contributed by atoms with van der Waals surface area (Å²) in [5.41, 5.74) is 3.68. The van der Waals surface area contributed by atoms with Crippen LogP contribution in [0.5, 0.6) is 11.5 Å². The minimum Gasteiger partial charge on any atom is -0.508 e. The number of ether oxygens (including phenoxy) is 1. The van der Waals surface area contributed by atoms with Crippen LogP contribution in [0.3, 0.4) is 0 Å². The number of nitrogens with one attached hydrogen (secondary N) is 1. The Labute approximate surface area is 252 Å². The van der Waals surface area contributed by atoms with Crippen molar-refractivity contribution in [2.75, 3.05) is 12.5 Å². The van der Waals surface area contributed by atoms with Crippen molar-refractivity contribution < 1.29 is 19.4 Å². The average molecular weight is 594 g/mol. The van der Waals surface area contributed by atoms with Crippen LogP contribution in [0.15, 0.2) is 94.0 Å². The number of rotatable bonds is 5. The number of aromatic hydroxyl groups is 1. The van der Waals surface area contributed by atoms with Crippen LogP contribution in [-0.4, -0.2) is 43.0 Å². The maximum Gasteiger partial charge on any atom is 0.347 e.